The topological polar surface area (TPSA) is 51.3 Å². The Kier molecular flexibility index (Phi) is 3.38. The van der Waals surface area contributed by atoms with Crippen LogP contribution in [0.2, 0.25) is 0 Å². The fourth-order valence-corrected chi connectivity index (χ4v) is 2.27. The van der Waals surface area contributed by atoms with Gasteiger partial charge in [0.25, 0.3) is 0 Å². The number of ether oxygens (including phenoxy) is 2. The molecule has 1 N–H and O–H groups in total. The Morgan fingerprint density at radius 3 is 2.88 bits per heavy atom. The number of H-pyrrole nitrogens is 1. The predicted molar refractivity (Wildman–Crippen MR) is 68.5 cm³/mol. The molecule has 0 bridgehead atoms. The van der Waals surface area contributed by atoms with Crippen molar-refractivity contribution in [3.63, 3.8) is 0 Å². The molecule has 0 unspecified atom stereocenters. The highest BCUT2D eigenvalue weighted by Crippen LogP contribution is 2.35. The highest BCUT2D eigenvalue weighted by Gasteiger charge is 2.20. The van der Waals surface area contributed by atoms with Crippen LogP contribution < -0.4 is 4.74 Å². The van der Waals surface area contributed by atoms with Crippen LogP contribution >= 0.6 is 15.9 Å². The lowest BCUT2D eigenvalue weighted by molar-refractivity contribution is 0.0517. The van der Waals surface area contributed by atoms with Crippen LogP contribution in [0.15, 0.2) is 22.7 Å². The minimum atomic E-state index is -0.410. The zero-order valence-corrected chi connectivity index (χ0v) is 11.1. The Balaban J connectivity index is 2.64. The summed E-state index contributed by atoms with van der Waals surface area (Å²) in [5, 5.41) is 0.845. The molecule has 90 valence electrons. The first-order valence-electron chi connectivity index (χ1n) is 5.20. The van der Waals surface area contributed by atoms with Crippen LogP contribution in [0.4, 0.5) is 0 Å². The number of rotatable bonds is 3. The summed E-state index contributed by atoms with van der Waals surface area (Å²) >= 11 is 3.44. The molecule has 0 aliphatic rings. The van der Waals surface area contributed by atoms with Crippen molar-refractivity contribution in [2.45, 2.75) is 6.92 Å². The third-order valence-electron chi connectivity index (χ3n) is 2.41. The number of esters is 1. The molecule has 4 nitrogen and oxygen atoms in total. The van der Waals surface area contributed by atoms with Crippen LogP contribution in [-0.2, 0) is 4.74 Å². The summed E-state index contributed by atoms with van der Waals surface area (Å²) in [5.41, 5.74) is 1.18. The summed E-state index contributed by atoms with van der Waals surface area (Å²) in [6, 6.07) is 5.66. The lowest BCUT2D eigenvalue weighted by Crippen LogP contribution is -2.06. The largest absolute Gasteiger partial charge is 0.494 e. The number of hydrogen-bond acceptors (Lipinski definition) is 3. The number of carbonyl (C=O) groups is 1. The first-order chi connectivity index (χ1) is 8.19. The second-order valence-corrected chi connectivity index (χ2v) is 4.27. The average Bonchev–Trinajstić information content (AvgIpc) is 2.69. The Hall–Kier alpha value is -1.49. The number of nitrogens with one attached hydrogen (secondary N) is 1. The molecule has 0 radical (unpaired) electrons. The lowest BCUT2D eigenvalue weighted by Gasteiger charge is -2.03. The van der Waals surface area contributed by atoms with E-state index in [1.807, 2.05) is 18.2 Å². The average molecular weight is 298 g/mol. The van der Waals surface area contributed by atoms with Crippen molar-refractivity contribution in [2.24, 2.45) is 0 Å². The van der Waals surface area contributed by atoms with Crippen LogP contribution in [0.25, 0.3) is 10.9 Å². The molecule has 1 aromatic heterocycles. The third kappa shape index (κ3) is 2.02. The fraction of sp³-hybridized carbons (Fsp3) is 0.250. The number of aromatic nitrogens is 1. The number of benzene rings is 1. The van der Waals surface area contributed by atoms with Crippen molar-refractivity contribution < 1.29 is 14.3 Å². The van der Waals surface area contributed by atoms with Crippen LogP contribution in [0.1, 0.15) is 17.4 Å². The Labute approximate surface area is 107 Å². The van der Waals surface area contributed by atoms with Gasteiger partial charge in [0, 0.05) is 4.47 Å². The predicted octanol–water partition coefficient (Wildman–Crippen LogP) is 3.12. The minimum absolute atomic E-state index is 0.332. The van der Waals surface area contributed by atoms with Gasteiger partial charge >= 0.3 is 5.97 Å². The van der Waals surface area contributed by atoms with Crippen molar-refractivity contribution in [3.05, 3.63) is 28.4 Å². The van der Waals surface area contributed by atoms with E-state index < -0.39 is 5.97 Å². The highest BCUT2D eigenvalue weighted by atomic mass is 79.9. The molecule has 1 aromatic carbocycles. The summed E-state index contributed by atoms with van der Waals surface area (Å²) in [6.45, 7) is 2.10. The Bertz CT molecular complexity index is 562. The van der Waals surface area contributed by atoms with Gasteiger partial charge < -0.3 is 14.5 Å². The van der Waals surface area contributed by atoms with Gasteiger partial charge in [0.05, 0.1) is 24.6 Å². The molecule has 2 aromatic rings. The maximum absolute atomic E-state index is 11.8. The zero-order chi connectivity index (χ0) is 12.4. The van der Waals surface area contributed by atoms with Crippen molar-refractivity contribution in [2.75, 3.05) is 13.7 Å². The molecular formula is C12H12BrNO3. The Morgan fingerprint density at radius 1 is 1.47 bits per heavy atom. The van der Waals surface area contributed by atoms with E-state index in [1.54, 1.807) is 6.92 Å². The molecule has 0 spiro atoms. The molecule has 0 saturated carbocycles. The number of fused-ring (bicyclic) bond motifs is 1. The summed E-state index contributed by atoms with van der Waals surface area (Å²) < 4.78 is 11.1. The number of methoxy groups -OCH3 is 1. The number of hydrogen-bond donors (Lipinski definition) is 1. The molecule has 0 amide bonds. The van der Waals surface area contributed by atoms with E-state index in [2.05, 4.69) is 20.9 Å². The van der Waals surface area contributed by atoms with Crippen LogP contribution in [-0.4, -0.2) is 24.7 Å². The first kappa shape index (κ1) is 12.0. The van der Waals surface area contributed by atoms with E-state index >= 15 is 0 Å². The normalized spacial score (nSPS) is 10.5. The standard InChI is InChI=1S/C12H12BrNO3/c1-3-17-12(15)10-11(16-2)9-7(13)5-4-6-8(9)14-10/h4-6,14H,3H2,1-2H3. The van der Waals surface area contributed by atoms with Gasteiger partial charge in [0.1, 0.15) is 0 Å². The number of aromatic amines is 1. The van der Waals surface area contributed by atoms with Crippen molar-refractivity contribution in [1.82, 2.24) is 4.98 Å². The van der Waals surface area contributed by atoms with E-state index in [-0.39, 0.29) is 0 Å². The highest BCUT2D eigenvalue weighted by molar-refractivity contribution is 9.10. The van der Waals surface area contributed by atoms with Gasteiger partial charge in [-0.05, 0) is 35.0 Å². The van der Waals surface area contributed by atoms with Crippen molar-refractivity contribution in [3.8, 4) is 5.75 Å². The molecule has 2 rings (SSSR count). The smallest absolute Gasteiger partial charge is 0.358 e. The van der Waals surface area contributed by atoms with E-state index in [1.165, 1.54) is 7.11 Å². The van der Waals surface area contributed by atoms with Crippen LogP contribution in [0, 0.1) is 0 Å². The third-order valence-corrected chi connectivity index (χ3v) is 3.07. The van der Waals surface area contributed by atoms with E-state index in [9.17, 15) is 4.79 Å². The second kappa shape index (κ2) is 4.79. The van der Waals surface area contributed by atoms with Gasteiger partial charge in [-0.15, -0.1) is 0 Å². The van der Waals surface area contributed by atoms with Gasteiger partial charge in [-0.25, -0.2) is 4.79 Å². The van der Waals surface area contributed by atoms with Crippen LogP contribution in [0.5, 0.6) is 5.75 Å². The van der Waals surface area contributed by atoms with Gasteiger partial charge in [-0.1, -0.05) is 6.07 Å². The maximum Gasteiger partial charge on any atom is 0.358 e. The maximum atomic E-state index is 11.8. The molecule has 0 aliphatic heterocycles. The molecule has 0 saturated heterocycles. The molecule has 1 heterocycles. The quantitative estimate of drug-likeness (QED) is 0.886. The SMILES string of the molecule is CCOC(=O)c1[nH]c2cccc(Br)c2c1OC. The summed E-state index contributed by atoms with van der Waals surface area (Å²) in [4.78, 5) is 14.8. The van der Waals surface area contributed by atoms with Gasteiger partial charge in [0.2, 0.25) is 0 Å². The fourth-order valence-electron chi connectivity index (χ4n) is 1.73. The zero-order valence-electron chi connectivity index (χ0n) is 9.54. The number of halogens is 1. The van der Waals surface area contributed by atoms with Gasteiger partial charge in [-0.3, -0.25) is 0 Å². The van der Waals surface area contributed by atoms with E-state index in [0.29, 0.717) is 18.1 Å². The molecular weight excluding hydrogens is 286 g/mol. The first-order valence-corrected chi connectivity index (χ1v) is 5.99. The summed E-state index contributed by atoms with van der Waals surface area (Å²) in [6.07, 6.45) is 0. The van der Waals surface area contributed by atoms with Crippen molar-refractivity contribution >= 4 is 32.8 Å². The number of carbonyl (C=O) groups excluding carboxylic acids is 1. The Morgan fingerprint density at radius 2 is 2.24 bits per heavy atom. The molecule has 0 fully saturated rings. The van der Waals surface area contributed by atoms with E-state index in [0.717, 1.165) is 15.4 Å². The molecule has 0 atom stereocenters. The monoisotopic (exact) mass is 297 g/mol. The lowest BCUT2D eigenvalue weighted by atomic mass is 10.2. The van der Waals surface area contributed by atoms with E-state index in [4.69, 9.17) is 9.47 Å². The molecule has 17 heavy (non-hydrogen) atoms. The van der Waals surface area contributed by atoms with Crippen LogP contribution in [0.3, 0.4) is 0 Å². The summed E-state index contributed by atoms with van der Waals surface area (Å²) in [7, 11) is 1.53. The minimum Gasteiger partial charge on any atom is -0.494 e. The summed E-state index contributed by atoms with van der Waals surface area (Å²) in [5.74, 6) is 0.0957. The molecule has 5 heteroatoms. The van der Waals surface area contributed by atoms with Crippen molar-refractivity contribution in [1.29, 1.82) is 0 Å². The van der Waals surface area contributed by atoms with Gasteiger partial charge in [0.15, 0.2) is 11.4 Å². The molecule has 0 aliphatic carbocycles. The second-order valence-electron chi connectivity index (χ2n) is 3.42. The van der Waals surface area contributed by atoms with Gasteiger partial charge in [-0.2, -0.15) is 0 Å².